The molecule has 3 fully saturated rings. The van der Waals surface area contributed by atoms with Gasteiger partial charge in [-0.15, -0.1) is 11.3 Å². The summed E-state index contributed by atoms with van der Waals surface area (Å²) in [6.45, 7) is 6.02. The van der Waals surface area contributed by atoms with Crippen molar-refractivity contribution in [2.45, 2.75) is 52.4 Å². The number of anilines is 1. The Labute approximate surface area is 199 Å². The highest BCUT2D eigenvalue weighted by Gasteiger charge is 2.36. The van der Waals surface area contributed by atoms with Crippen molar-refractivity contribution in [1.29, 1.82) is 0 Å². The lowest BCUT2D eigenvalue weighted by Crippen LogP contribution is -2.48. The minimum atomic E-state index is -1.10. The number of carboxylic acid groups (broad SMARTS) is 1. The maximum Gasteiger partial charge on any atom is 0.348 e. The summed E-state index contributed by atoms with van der Waals surface area (Å²) in [7, 11) is 0. The molecule has 8 heteroatoms. The molecule has 2 saturated carbocycles. The summed E-state index contributed by atoms with van der Waals surface area (Å²) < 4.78 is 5.34. The fourth-order valence-corrected chi connectivity index (χ4v) is 5.23. The summed E-state index contributed by atoms with van der Waals surface area (Å²) in [5.41, 5.74) is 0.302. The van der Waals surface area contributed by atoms with Crippen molar-refractivity contribution in [1.82, 2.24) is 4.90 Å². The van der Waals surface area contributed by atoms with Crippen LogP contribution < -0.4 is 4.90 Å². The molecule has 0 unspecified atom stereocenters. The normalized spacial score (nSPS) is 23.9. The number of hydrogen-bond acceptors (Lipinski definition) is 5. The van der Waals surface area contributed by atoms with Gasteiger partial charge in [0.15, 0.2) is 0 Å². The molecular weight excluding hydrogens is 440 g/mol. The Morgan fingerprint density at radius 2 is 1.88 bits per heavy atom. The molecule has 3 aliphatic rings. The first-order valence-corrected chi connectivity index (χ1v) is 12.6. The average molecular weight is 473 g/mol. The fourth-order valence-electron chi connectivity index (χ4n) is 4.38. The topological polar surface area (TPSA) is 87.2 Å². The fraction of sp³-hybridized carbons (Fsp3) is 0.640. The molecule has 0 atom stereocenters. The number of carbonyl (C=O) groups is 3. The van der Waals surface area contributed by atoms with Gasteiger partial charge < -0.3 is 19.6 Å². The number of ether oxygens (including phenoxy) is 1. The summed E-state index contributed by atoms with van der Waals surface area (Å²) in [6.07, 6.45) is 5.55. The second-order valence-electron chi connectivity index (χ2n) is 9.82. The van der Waals surface area contributed by atoms with Gasteiger partial charge in [0.25, 0.3) is 0 Å². The minimum Gasteiger partial charge on any atom is -0.477 e. The van der Waals surface area contributed by atoms with Gasteiger partial charge in [-0.25, -0.2) is 4.79 Å². The molecule has 2 aliphatic carbocycles. The Morgan fingerprint density at radius 1 is 1.21 bits per heavy atom. The van der Waals surface area contributed by atoms with Gasteiger partial charge in [0.2, 0.25) is 11.8 Å². The molecule has 2 heterocycles. The minimum absolute atomic E-state index is 0.00807. The molecule has 1 saturated heterocycles. The quantitative estimate of drug-likeness (QED) is 0.662. The van der Waals surface area contributed by atoms with E-state index in [0.29, 0.717) is 42.8 Å². The number of thiophene rings is 1. The summed E-state index contributed by atoms with van der Waals surface area (Å²) in [5.74, 6) is 5.29. The Balaban J connectivity index is 1.64. The number of hydrogen-bond donors (Lipinski definition) is 1. The number of rotatable bonds is 5. The van der Waals surface area contributed by atoms with Crippen molar-refractivity contribution in [2.75, 3.05) is 37.7 Å². The predicted octanol–water partition coefficient (Wildman–Crippen LogP) is 3.62. The van der Waals surface area contributed by atoms with Gasteiger partial charge in [0.05, 0.1) is 23.8 Å². The summed E-state index contributed by atoms with van der Waals surface area (Å²) >= 11 is 1.08. The Hall–Kier alpha value is -2.37. The molecule has 0 bridgehead atoms. The van der Waals surface area contributed by atoms with Crippen LogP contribution in [0.2, 0.25) is 0 Å². The SMILES string of the molecule is CC1CCC(C(=O)N(CC(=O)N2CCOCC2)c2cc(C#CC3(C)CC3)sc2C(=O)O)CC1. The summed E-state index contributed by atoms with van der Waals surface area (Å²) in [6, 6.07) is 1.68. The van der Waals surface area contributed by atoms with Crippen molar-refractivity contribution in [3.63, 3.8) is 0 Å². The summed E-state index contributed by atoms with van der Waals surface area (Å²) in [4.78, 5) is 42.6. The van der Waals surface area contributed by atoms with E-state index in [9.17, 15) is 19.5 Å². The van der Waals surface area contributed by atoms with Gasteiger partial charge in [0, 0.05) is 24.4 Å². The molecule has 4 rings (SSSR count). The first-order chi connectivity index (χ1) is 15.8. The second-order valence-corrected chi connectivity index (χ2v) is 10.9. The van der Waals surface area contributed by atoms with E-state index in [1.54, 1.807) is 11.0 Å². The zero-order valence-electron chi connectivity index (χ0n) is 19.4. The highest BCUT2D eigenvalue weighted by Crippen LogP contribution is 2.44. The van der Waals surface area contributed by atoms with E-state index in [4.69, 9.17) is 4.74 Å². The lowest BCUT2D eigenvalue weighted by atomic mass is 9.82. The van der Waals surface area contributed by atoms with Crippen LogP contribution in [0.5, 0.6) is 0 Å². The second kappa shape index (κ2) is 9.86. The van der Waals surface area contributed by atoms with Gasteiger partial charge in [0.1, 0.15) is 11.4 Å². The third-order valence-electron chi connectivity index (χ3n) is 6.97. The lowest BCUT2D eigenvalue weighted by molar-refractivity contribution is -0.135. The van der Waals surface area contributed by atoms with Crippen molar-refractivity contribution in [3.8, 4) is 11.8 Å². The van der Waals surface area contributed by atoms with Gasteiger partial charge in [-0.3, -0.25) is 9.59 Å². The Morgan fingerprint density at radius 3 is 2.48 bits per heavy atom. The predicted molar refractivity (Wildman–Crippen MR) is 126 cm³/mol. The molecule has 1 aromatic rings. The van der Waals surface area contributed by atoms with Gasteiger partial charge in [-0.05, 0) is 57.4 Å². The smallest absolute Gasteiger partial charge is 0.348 e. The monoisotopic (exact) mass is 472 g/mol. The number of nitrogens with zero attached hydrogens (tertiary/aromatic N) is 2. The molecule has 1 N–H and O–H groups in total. The largest absolute Gasteiger partial charge is 0.477 e. The zero-order valence-corrected chi connectivity index (χ0v) is 20.2. The van der Waals surface area contributed by atoms with Gasteiger partial charge >= 0.3 is 5.97 Å². The Kier molecular flexibility index (Phi) is 7.10. The molecular formula is C25H32N2O5S. The highest BCUT2D eigenvalue weighted by molar-refractivity contribution is 7.15. The molecule has 0 spiro atoms. The number of carboxylic acids is 1. The van der Waals surface area contributed by atoms with Crippen LogP contribution in [0.3, 0.4) is 0 Å². The maximum atomic E-state index is 13.6. The van der Waals surface area contributed by atoms with Crippen LogP contribution in [0, 0.1) is 29.1 Å². The van der Waals surface area contributed by atoms with Crippen LogP contribution in [0.4, 0.5) is 5.69 Å². The van der Waals surface area contributed by atoms with E-state index in [0.717, 1.165) is 49.9 Å². The lowest BCUT2D eigenvalue weighted by Gasteiger charge is -2.33. The van der Waals surface area contributed by atoms with Crippen LogP contribution in [-0.4, -0.2) is 60.6 Å². The summed E-state index contributed by atoms with van der Waals surface area (Å²) in [5, 5.41) is 9.89. The van der Waals surface area contributed by atoms with E-state index in [1.165, 1.54) is 4.90 Å². The van der Waals surface area contributed by atoms with Crippen molar-refractivity contribution in [2.24, 2.45) is 17.3 Å². The van der Waals surface area contributed by atoms with E-state index in [1.807, 2.05) is 0 Å². The van der Waals surface area contributed by atoms with Crippen LogP contribution in [0.25, 0.3) is 0 Å². The zero-order chi connectivity index (χ0) is 23.6. The average Bonchev–Trinajstić information content (AvgIpc) is 3.39. The molecule has 0 aromatic carbocycles. The van der Waals surface area contributed by atoms with Crippen LogP contribution >= 0.6 is 11.3 Å². The Bertz CT molecular complexity index is 973. The van der Waals surface area contributed by atoms with Crippen LogP contribution in [0.15, 0.2) is 6.07 Å². The number of amides is 2. The third-order valence-corrected chi connectivity index (χ3v) is 8.00. The van der Waals surface area contributed by atoms with E-state index >= 15 is 0 Å². The molecule has 0 radical (unpaired) electrons. The third kappa shape index (κ3) is 5.77. The first kappa shape index (κ1) is 23.8. The van der Waals surface area contributed by atoms with E-state index in [2.05, 4.69) is 25.7 Å². The molecule has 33 heavy (non-hydrogen) atoms. The molecule has 2 amide bonds. The first-order valence-electron chi connectivity index (χ1n) is 11.8. The van der Waals surface area contributed by atoms with Gasteiger partial charge in [-0.2, -0.15) is 0 Å². The molecule has 7 nitrogen and oxygen atoms in total. The van der Waals surface area contributed by atoms with E-state index in [-0.39, 0.29) is 34.6 Å². The van der Waals surface area contributed by atoms with Crippen LogP contribution in [0.1, 0.15) is 66.9 Å². The maximum absolute atomic E-state index is 13.6. The number of carbonyl (C=O) groups excluding carboxylic acids is 2. The van der Waals surface area contributed by atoms with Crippen molar-refractivity contribution >= 4 is 34.8 Å². The number of aromatic carboxylic acids is 1. The van der Waals surface area contributed by atoms with Crippen molar-refractivity contribution in [3.05, 3.63) is 15.8 Å². The van der Waals surface area contributed by atoms with Gasteiger partial charge in [-0.1, -0.05) is 18.8 Å². The van der Waals surface area contributed by atoms with Crippen LogP contribution in [-0.2, 0) is 14.3 Å². The van der Waals surface area contributed by atoms with E-state index < -0.39 is 5.97 Å². The highest BCUT2D eigenvalue weighted by atomic mass is 32.1. The molecule has 1 aliphatic heterocycles. The molecule has 178 valence electrons. The number of morpholine rings is 1. The molecule has 1 aromatic heterocycles. The standard InChI is InChI=1S/C25H32N2O5S/c1-17-3-5-18(6-4-17)23(29)27(16-21(28)26-11-13-32-14-12-26)20-15-19(33-22(20)24(30)31)7-8-25(2)9-10-25/h15,17-18H,3-6,9-14,16H2,1-2H3,(H,30,31). The van der Waals surface area contributed by atoms with Crippen molar-refractivity contribution < 1.29 is 24.2 Å².